The molecule has 0 aliphatic heterocycles. The van der Waals surface area contributed by atoms with E-state index in [1.165, 1.54) is 10.9 Å². The quantitative estimate of drug-likeness (QED) is 0.543. The molecule has 1 amide bonds. The Balaban J connectivity index is 1.52. The summed E-state index contributed by atoms with van der Waals surface area (Å²) in [5, 5.41) is 4.30. The predicted octanol–water partition coefficient (Wildman–Crippen LogP) is 3.74. The molecule has 0 saturated carbocycles. The van der Waals surface area contributed by atoms with Gasteiger partial charge in [0.25, 0.3) is 5.56 Å². The van der Waals surface area contributed by atoms with Crippen LogP contribution in [0.2, 0.25) is 0 Å². The van der Waals surface area contributed by atoms with Gasteiger partial charge in [0.15, 0.2) is 0 Å². The molecule has 2 aromatic heterocycles. The van der Waals surface area contributed by atoms with Crippen molar-refractivity contribution in [2.24, 2.45) is 0 Å². The largest absolute Gasteiger partial charge is 0.325 e. The smallest absolute Gasteiger partial charge is 0.261 e. The Morgan fingerprint density at radius 2 is 1.89 bits per heavy atom. The Morgan fingerprint density at radius 1 is 1.04 bits per heavy atom. The molecule has 7 heteroatoms. The van der Waals surface area contributed by atoms with E-state index in [9.17, 15) is 9.59 Å². The number of halogens is 1. The molecular formula is C20H15BrN4O2. The van der Waals surface area contributed by atoms with Gasteiger partial charge in [0.05, 0.1) is 28.4 Å². The summed E-state index contributed by atoms with van der Waals surface area (Å²) in [7, 11) is 0. The van der Waals surface area contributed by atoms with Crippen molar-refractivity contribution in [1.29, 1.82) is 0 Å². The SMILES string of the molecule is O=C(CCn1cnc2ccc(Br)cc2c1=O)Nc1cccc2ncccc12. The van der Waals surface area contributed by atoms with Crippen LogP contribution in [0.4, 0.5) is 5.69 Å². The number of carbonyl (C=O) groups is 1. The minimum Gasteiger partial charge on any atom is -0.325 e. The molecule has 0 bridgehead atoms. The number of hydrogen-bond donors (Lipinski definition) is 1. The van der Waals surface area contributed by atoms with Crippen molar-refractivity contribution in [3.8, 4) is 0 Å². The van der Waals surface area contributed by atoms with E-state index in [2.05, 4.69) is 31.2 Å². The first kappa shape index (κ1) is 17.4. The molecule has 2 heterocycles. The number of fused-ring (bicyclic) bond motifs is 2. The fourth-order valence-corrected chi connectivity index (χ4v) is 3.30. The van der Waals surface area contributed by atoms with Crippen LogP contribution in [0.3, 0.4) is 0 Å². The van der Waals surface area contributed by atoms with Crippen LogP contribution in [0.1, 0.15) is 6.42 Å². The third kappa shape index (κ3) is 3.59. The van der Waals surface area contributed by atoms with Gasteiger partial charge >= 0.3 is 0 Å². The molecule has 134 valence electrons. The molecule has 0 atom stereocenters. The summed E-state index contributed by atoms with van der Waals surface area (Å²) < 4.78 is 2.27. The summed E-state index contributed by atoms with van der Waals surface area (Å²) in [4.78, 5) is 33.5. The highest BCUT2D eigenvalue weighted by Gasteiger charge is 2.09. The molecule has 4 aromatic rings. The number of amides is 1. The van der Waals surface area contributed by atoms with Gasteiger partial charge < -0.3 is 5.32 Å². The van der Waals surface area contributed by atoms with Gasteiger partial charge in [-0.05, 0) is 42.5 Å². The fraction of sp³-hybridized carbons (Fsp3) is 0.100. The van der Waals surface area contributed by atoms with Gasteiger partial charge in [-0.3, -0.25) is 19.1 Å². The van der Waals surface area contributed by atoms with E-state index in [1.54, 1.807) is 18.3 Å². The fourth-order valence-electron chi connectivity index (χ4n) is 2.94. The summed E-state index contributed by atoms with van der Waals surface area (Å²) in [6.07, 6.45) is 3.36. The van der Waals surface area contributed by atoms with E-state index in [0.717, 1.165) is 15.4 Å². The number of pyridine rings is 1. The van der Waals surface area contributed by atoms with Gasteiger partial charge in [-0.2, -0.15) is 0 Å². The highest BCUT2D eigenvalue weighted by molar-refractivity contribution is 9.10. The van der Waals surface area contributed by atoms with E-state index in [4.69, 9.17) is 0 Å². The Morgan fingerprint density at radius 3 is 2.78 bits per heavy atom. The first-order valence-electron chi connectivity index (χ1n) is 8.40. The molecule has 0 spiro atoms. The molecule has 27 heavy (non-hydrogen) atoms. The lowest BCUT2D eigenvalue weighted by atomic mass is 10.2. The zero-order valence-corrected chi connectivity index (χ0v) is 15.8. The number of aromatic nitrogens is 3. The van der Waals surface area contributed by atoms with Crippen LogP contribution in [0.15, 0.2) is 70.3 Å². The van der Waals surface area contributed by atoms with E-state index >= 15 is 0 Å². The Hall–Kier alpha value is -3.06. The summed E-state index contributed by atoms with van der Waals surface area (Å²) in [6, 6.07) is 14.7. The first-order valence-corrected chi connectivity index (χ1v) is 9.19. The Kier molecular flexibility index (Phi) is 4.68. The minimum atomic E-state index is -0.174. The lowest BCUT2D eigenvalue weighted by Gasteiger charge is -2.09. The standard InChI is InChI=1S/C20H15BrN4O2/c21-13-6-7-17-15(11-13)20(27)25(12-23-17)10-8-19(26)24-18-5-1-4-16-14(18)3-2-9-22-16/h1-7,9,11-12H,8,10H2,(H,24,26). The molecule has 0 radical (unpaired) electrons. The zero-order chi connectivity index (χ0) is 18.8. The van der Waals surface area contributed by atoms with Gasteiger partial charge in [-0.25, -0.2) is 4.98 Å². The summed E-state index contributed by atoms with van der Waals surface area (Å²) in [5.74, 6) is -0.174. The highest BCUT2D eigenvalue weighted by Crippen LogP contribution is 2.21. The van der Waals surface area contributed by atoms with Gasteiger partial charge in [0.1, 0.15) is 0 Å². The second-order valence-electron chi connectivity index (χ2n) is 6.08. The number of benzene rings is 2. The van der Waals surface area contributed by atoms with Crippen LogP contribution in [0.25, 0.3) is 21.8 Å². The number of aryl methyl sites for hydroxylation is 1. The number of rotatable bonds is 4. The Bertz CT molecular complexity index is 1210. The van der Waals surface area contributed by atoms with Crippen LogP contribution in [-0.4, -0.2) is 20.4 Å². The van der Waals surface area contributed by atoms with Crippen LogP contribution >= 0.6 is 15.9 Å². The second kappa shape index (κ2) is 7.28. The van der Waals surface area contributed by atoms with Crippen LogP contribution < -0.4 is 10.9 Å². The highest BCUT2D eigenvalue weighted by atomic mass is 79.9. The van der Waals surface area contributed by atoms with Crippen LogP contribution in [-0.2, 0) is 11.3 Å². The maximum Gasteiger partial charge on any atom is 0.261 e. The van der Waals surface area contributed by atoms with Gasteiger partial charge in [-0.15, -0.1) is 0 Å². The maximum absolute atomic E-state index is 12.6. The average Bonchev–Trinajstić information content (AvgIpc) is 2.68. The molecule has 0 aliphatic rings. The molecule has 1 N–H and O–H groups in total. The van der Waals surface area contributed by atoms with Crippen molar-refractivity contribution >= 4 is 49.3 Å². The van der Waals surface area contributed by atoms with Crippen molar-refractivity contribution in [3.05, 3.63) is 75.9 Å². The Labute approximate surface area is 163 Å². The predicted molar refractivity (Wildman–Crippen MR) is 109 cm³/mol. The molecule has 0 aliphatic carbocycles. The molecule has 0 fully saturated rings. The number of carbonyl (C=O) groups excluding carboxylic acids is 1. The zero-order valence-electron chi connectivity index (χ0n) is 14.2. The second-order valence-corrected chi connectivity index (χ2v) is 6.99. The monoisotopic (exact) mass is 422 g/mol. The normalized spacial score (nSPS) is 11.0. The van der Waals surface area contributed by atoms with Crippen molar-refractivity contribution in [3.63, 3.8) is 0 Å². The van der Waals surface area contributed by atoms with Crippen molar-refractivity contribution in [1.82, 2.24) is 14.5 Å². The van der Waals surface area contributed by atoms with Crippen molar-refractivity contribution < 1.29 is 4.79 Å². The van der Waals surface area contributed by atoms with Gasteiger partial charge in [-0.1, -0.05) is 22.0 Å². The van der Waals surface area contributed by atoms with Gasteiger partial charge in [0, 0.05) is 29.0 Å². The van der Waals surface area contributed by atoms with E-state index in [0.29, 0.717) is 16.6 Å². The topological polar surface area (TPSA) is 76.9 Å². The maximum atomic E-state index is 12.6. The van der Waals surface area contributed by atoms with Gasteiger partial charge in [0.2, 0.25) is 5.91 Å². The number of hydrogen-bond acceptors (Lipinski definition) is 4. The number of anilines is 1. The van der Waals surface area contributed by atoms with Crippen LogP contribution in [0, 0.1) is 0 Å². The molecule has 4 rings (SSSR count). The third-order valence-corrected chi connectivity index (χ3v) is 4.78. The third-order valence-electron chi connectivity index (χ3n) is 4.29. The lowest BCUT2D eigenvalue weighted by molar-refractivity contribution is -0.116. The first-order chi connectivity index (χ1) is 13.1. The molecular weight excluding hydrogens is 408 g/mol. The van der Waals surface area contributed by atoms with E-state index < -0.39 is 0 Å². The molecule has 0 unspecified atom stereocenters. The molecule has 0 saturated heterocycles. The average molecular weight is 423 g/mol. The molecule has 6 nitrogen and oxygen atoms in total. The minimum absolute atomic E-state index is 0.163. The van der Waals surface area contributed by atoms with Crippen molar-refractivity contribution in [2.75, 3.05) is 5.32 Å². The van der Waals surface area contributed by atoms with Crippen LogP contribution in [0.5, 0.6) is 0 Å². The van der Waals surface area contributed by atoms with E-state index in [-0.39, 0.29) is 24.4 Å². The summed E-state index contributed by atoms with van der Waals surface area (Å²) in [5.41, 5.74) is 1.99. The van der Waals surface area contributed by atoms with Crippen molar-refractivity contribution in [2.45, 2.75) is 13.0 Å². The summed E-state index contributed by atoms with van der Waals surface area (Å²) in [6.45, 7) is 0.253. The number of nitrogens with one attached hydrogen (secondary N) is 1. The lowest BCUT2D eigenvalue weighted by Crippen LogP contribution is -2.23. The molecule has 2 aromatic carbocycles. The summed E-state index contributed by atoms with van der Waals surface area (Å²) >= 11 is 3.36. The van der Waals surface area contributed by atoms with E-state index in [1.807, 2.05) is 36.4 Å². The number of nitrogens with zero attached hydrogens (tertiary/aromatic N) is 3.